The van der Waals surface area contributed by atoms with Crippen molar-refractivity contribution in [3.05, 3.63) is 24.3 Å². The summed E-state index contributed by atoms with van der Waals surface area (Å²) in [7, 11) is 0. The third-order valence-corrected chi connectivity index (χ3v) is 8.26. The summed E-state index contributed by atoms with van der Waals surface area (Å²) >= 11 is 0. The molecular weight excluding hydrogens is 458 g/mol. The second-order valence-corrected chi connectivity index (χ2v) is 11.7. The zero-order valence-electron chi connectivity index (χ0n) is 21.6. The van der Waals surface area contributed by atoms with Crippen LogP contribution in [0.3, 0.4) is 0 Å². The molecule has 9 nitrogen and oxygen atoms in total. The molecule has 4 rings (SSSR count). The SMILES string of the molecule is CC(C)(C)C(NC(=O)[C@H](NC(=O)c1cnccn1)C1CCCCC1)C(=O)N1C[C@@H]2CCC[C@@H]2[C@H]1C=O. The van der Waals surface area contributed by atoms with E-state index in [9.17, 15) is 19.2 Å². The Balaban J connectivity index is 1.54. The molecule has 0 bridgehead atoms. The first kappa shape index (κ1) is 26.2. The van der Waals surface area contributed by atoms with E-state index in [4.69, 9.17) is 0 Å². The molecule has 2 saturated carbocycles. The average molecular weight is 498 g/mol. The van der Waals surface area contributed by atoms with Gasteiger partial charge in [0, 0.05) is 18.9 Å². The molecule has 0 spiro atoms. The molecule has 2 heterocycles. The van der Waals surface area contributed by atoms with E-state index in [0.29, 0.717) is 12.5 Å². The maximum atomic E-state index is 13.8. The fourth-order valence-electron chi connectivity index (χ4n) is 6.30. The van der Waals surface area contributed by atoms with Gasteiger partial charge in [0.25, 0.3) is 5.91 Å². The van der Waals surface area contributed by atoms with Gasteiger partial charge in [-0.25, -0.2) is 4.98 Å². The number of fused-ring (bicyclic) bond motifs is 1. The second kappa shape index (κ2) is 11.0. The minimum absolute atomic E-state index is 0.0241. The number of carbonyl (C=O) groups excluding carboxylic acids is 4. The van der Waals surface area contributed by atoms with Crippen LogP contribution in [0.4, 0.5) is 0 Å². The van der Waals surface area contributed by atoms with Crippen LogP contribution in [0, 0.1) is 23.2 Å². The highest BCUT2D eigenvalue weighted by atomic mass is 16.2. The van der Waals surface area contributed by atoms with Gasteiger partial charge < -0.3 is 20.3 Å². The van der Waals surface area contributed by atoms with Gasteiger partial charge in [-0.1, -0.05) is 46.5 Å². The number of hydrogen-bond donors (Lipinski definition) is 2. The van der Waals surface area contributed by atoms with E-state index in [2.05, 4.69) is 20.6 Å². The van der Waals surface area contributed by atoms with Crippen LogP contribution in [0.5, 0.6) is 0 Å². The molecule has 2 aliphatic carbocycles. The number of nitrogens with zero attached hydrogens (tertiary/aromatic N) is 3. The van der Waals surface area contributed by atoms with E-state index in [0.717, 1.165) is 57.7 Å². The Labute approximate surface area is 213 Å². The van der Waals surface area contributed by atoms with Crippen molar-refractivity contribution < 1.29 is 19.2 Å². The van der Waals surface area contributed by atoms with Crippen molar-refractivity contribution in [3.8, 4) is 0 Å². The lowest BCUT2D eigenvalue weighted by Crippen LogP contribution is -2.61. The van der Waals surface area contributed by atoms with E-state index in [1.54, 1.807) is 4.90 Å². The van der Waals surface area contributed by atoms with E-state index in [-0.39, 0.29) is 29.3 Å². The van der Waals surface area contributed by atoms with Crippen molar-refractivity contribution in [2.45, 2.75) is 90.3 Å². The van der Waals surface area contributed by atoms with Gasteiger partial charge in [0.2, 0.25) is 11.8 Å². The molecule has 1 saturated heterocycles. The van der Waals surface area contributed by atoms with Gasteiger partial charge in [0.15, 0.2) is 0 Å². The van der Waals surface area contributed by atoms with Crippen molar-refractivity contribution >= 4 is 24.0 Å². The lowest BCUT2D eigenvalue weighted by molar-refractivity contribution is -0.142. The Morgan fingerprint density at radius 2 is 1.78 bits per heavy atom. The highest BCUT2D eigenvalue weighted by Gasteiger charge is 2.49. The quantitative estimate of drug-likeness (QED) is 0.559. The van der Waals surface area contributed by atoms with Crippen molar-refractivity contribution in [2.24, 2.45) is 23.2 Å². The minimum Gasteiger partial charge on any atom is -0.342 e. The lowest BCUT2D eigenvalue weighted by atomic mass is 9.82. The Bertz CT molecular complexity index is 957. The van der Waals surface area contributed by atoms with E-state index >= 15 is 0 Å². The van der Waals surface area contributed by atoms with Crippen molar-refractivity contribution in [1.82, 2.24) is 25.5 Å². The van der Waals surface area contributed by atoms with Crippen molar-refractivity contribution in [2.75, 3.05) is 6.54 Å². The van der Waals surface area contributed by atoms with Crippen molar-refractivity contribution in [3.63, 3.8) is 0 Å². The normalized spacial score (nSPS) is 26.1. The summed E-state index contributed by atoms with van der Waals surface area (Å²) in [5.41, 5.74) is -0.434. The third kappa shape index (κ3) is 5.60. The number of rotatable bonds is 7. The maximum absolute atomic E-state index is 13.8. The zero-order chi connectivity index (χ0) is 25.9. The highest BCUT2D eigenvalue weighted by molar-refractivity contribution is 5.97. The smallest absolute Gasteiger partial charge is 0.272 e. The van der Waals surface area contributed by atoms with Gasteiger partial charge in [-0.05, 0) is 48.9 Å². The molecule has 3 aliphatic rings. The third-order valence-electron chi connectivity index (χ3n) is 8.26. The molecule has 0 radical (unpaired) electrons. The van der Waals surface area contributed by atoms with Crippen LogP contribution in [-0.4, -0.2) is 63.5 Å². The number of aromatic nitrogens is 2. The van der Waals surface area contributed by atoms with Crippen LogP contribution in [0.25, 0.3) is 0 Å². The van der Waals surface area contributed by atoms with Gasteiger partial charge in [-0.15, -0.1) is 0 Å². The minimum atomic E-state index is -0.814. The van der Waals surface area contributed by atoms with Gasteiger partial charge in [-0.2, -0.15) is 0 Å². The predicted octanol–water partition coefficient (Wildman–Crippen LogP) is 2.51. The molecule has 3 amide bonds. The molecule has 1 aromatic heterocycles. The molecule has 2 N–H and O–H groups in total. The number of carbonyl (C=O) groups is 4. The van der Waals surface area contributed by atoms with Crippen LogP contribution in [0.1, 0.15) is 82.6 Å². The number of aldehydes is 1. The molecule has 0 aromatic carbocycles. The van der Waals surface area contributed by atoms with Crippen LogP contribution in [0.2, 0.25) is 0 Å². The Morgan fingerprint density at radius 1 is 1.03 bits per heavy atom. The highest BCUT2D eigenvalue weighted by Crippen LogP contribution is 2.42. The standard InChI is InChI=1S/C27H39N5O4/c1-27(2,3)23(26(36)32-15-18-10-7-11-19(18)21(32)16-33)31-25(35)22(17-8-5-4-6-9-17)30-24(34)20-14-28-12-13-29-20/h12-14,16-19,21-23H,4-11,15H2,1-3H3,(H,30,34)(H,31,35)/t18-,19-,21+,22+,23?/m0/s1. The molecule has 9 heteroatoms. The molecule has 1 aliphatic heterocycles. The zero-order valence-corrected chi connectivity index (χ0v) is 21.6. The summed E-state index contributed by atoms with van der Waals surface area (Å²) in [5, 5.41) is 5.89. The summed E-state index contributed by atoms with van der Waals surface area (Å²) in [6, 6.07) is -2.03. The van der Waals surface area contributed by atoms with E-state index in [1.807, 2.05) is 20.8 Å². The number of likely N-dealkylation sites (tertiary alicyclic amines) is 1. The monoisotopic (exact) mass is 497 g/mol. The first-order valence-corrected chi connectivity index (χ1v) is 13.3. The summed E-state index contributed by atoms with van der Waals surface area (Å²) in [6.07, 6.45) is 13.0. The number of nitrogens with one attached hydrogen (secondary N) is 2. The van der Waals surface area contributed by atoms with Gasteiger partial charge in [0.1, 0.15) is 24.1 Å². The lowest BCUT2D eigenvalue weighted by Gasteiger charge is -2.37. The predicted molar refractivity (Wildman–Crippen MR) is 134 cm³/mol. The van der Waals surface area contributed by atoms with Gasteiger partial charge >= 0.3 is 0 Å². The van der Waals surface area contributed by atoms with E-state index < -0.39 is 29.4 Å². The summed E-state index contributed by atoms with van der Waals surface area (Å²) < 4.78 is 0. The topological polar surface area (TPSA) is 121 Å². The molecule has 36 heavy (non-hydrogen) atoms. The van der Waals surface area contributed by atoms with Crippen LogP contribution >= 0.6 is 0 Å². The van der Waals surface area contributed by atoms with Crippen LogP contribution < -0.4 is 10.6 Å². The average Bonchev–Trinajstić information content (AvgIpc) is 3.47. The largest absolute Gasteiger partial charge is 0.342 e. The fraction of sp³-hybridized carbons (Fsp3) is 0.704. The number of amides is 3. The Hall–Kier alpha value is -2.84. The van der Waals surface area contributed by atoms with Gasteiger partial charge in [0.05, 0.1) is 12.2 Å². The van der Waals surface area contributed by atoms with Crippen LogP contribution in [0.15, 0.2) is 18.6 Å². The van der Waals surface area contributed by atoms with Gasteiger partial charge in [-0.3, -0.25) is 19.4 Å². The second-order valence-electron chi connectivity index (χ2n) is 11.7. The summed E-state index contributed by atoms with van der Waals surface area (Å²) in [5.74, 6) is -0.505. The van der Waals surface area contributed by atoms with E-state index in [1.165, 1.54) is 18.6 Å². The summed E-state index contributed by atoms with van der Waals surface area (Å²) in [6.45, 7) is 6.30. The Morgan fingerprint density at radius 3 is 2.42 bits per heavy atom. The molecule has 3 fully saturated rings. The number of hydrogen-bond acceptors (Lipinski definition) is 6. The Kier molecular flexibility index (Phi) is 8.05. The van der Waals surface area contributed by atoms with Crippen LogP contribution in [-0.2, 0) is 14.4 Å². The van der Waals surface area contributed by atoms with Crippen molar-refractivity contribution in [1.29, 1.82) is 0 Å². The molecule has 5 atom stereocenters. The summed E-state index contributed by atoms with van der Waals surface area (Å²) in [4.78, 5) is 62.2. The molecule has 196 valence electrons. The first-order valence-electron chi connectivity index (χ1n) is 13.3. The fourth-order valence-corrected chi connectivity index (χ4v) is 6.30. The molecule has 1 unspecified atom stereocenters. The molecule has 1 aromatic rings. The maximum Gasteiger partial charge on any atom is 0.272 e. The molecular formula is C27H39N5O4. The first-order chi connectivity index (χ1) is 17.2.